The highest BCUT2D eigenvalue weighted by Crippen LogP contribution is 2.24. The minimum absolute atomic E-state index is 0.634. The van der Waals surface area contributed by atoms with Crippen LogP contribution in [-0.4, -0.2) is 20.8 Å². The summed E-state index contributed by atoms with van der Waals surface area (Å²) in [6, 6.07) is 1.66. The summed E-state index contributed by atoms with van der Waals surface area (Å²) in [4.78, 5) is 14.7. The topological polar surface area (TPSA) is 55.1 Å². The molecule has 0 fully saturated rings. The van der Waals surface area contributed by atoms with Gasteiger partial charge in [0.2, 0.25) is 0 Å². The van der Waals surface area contributed by atoms with Crippen molar-refractivity contribution in [1.29, 1.82) is 0 Å². The molecule has 2 aromatic rings. The van der Waals surface area contributed by atoms with E-state index >= 15 is 0 Å². The lowest BCUT2D eigenvalue weighted by Crippen LogP contribution is -2.05. The second kappa shape index (κ2) is 2.85. The lowest BCUT2D eigenvalue weighted by atomic mass is 10.3. The number of hydrogen-bond acceptors (Lipinski definition) is 2. The Hall–Kier alpha value is -1.36. The van der Waals surface area contributed by atoms with Crippen molar-refractivity contribution in [2.24, 2.45) is 0 Å². The highest BCUT2D eigenvalue weighted by molar-refractivity contribution is 9.10. The fraction of sp³-hybridized carbons (Fsp3) is 0. The highest BCUT2D eigenvalue weighted by atomic mass is 79.9. The molecule has 0 saturated heterocycles. The third-order valence-electron chi connectivity index (χ3n) is 1.76. The minimum atomic E-state index is -0.998. The monoisotopic (exact) mass is 240 g/mol. The lowest BCUT2D eigenvalue weighted by molar-refractivity contribution is 0.197. The zero-order valence-corrected chi connectivity index (χ0v) is 8.02. The quantitative estimate of drug-likeness (QED) is 0.769. The lowest BCUT2D eigenvalue weighted by Gasteiger charge is -1.94. The molecule has 0 bridgehead atoms. The molecule has 1 N–H and O–H groups in total. The van der Waals surface area contributed by atoms with Gasteiger partial charge in [-0.15, -0.1) is 0 Å². The third kappa shape index (κ3) is 1.21. The molecule has 0 spiro atoms. The first-order valence-corrected chi connectivity index (χ1v) is 4.33. The maximum Gasteiger partial charge on any atom is 0.416 e. The van der Waals surface area contributed by atoms with E-state index in [2.05, 4.69) is 20.9 Å². The van der Waals surface area contributed by atoms with Gasteiger partial charge in [-0.3, -0.25) is 9.55 Å². The minimum Gasteiger partial charge on any atom is -0.464 e. The van der Waals surface area contributed by atoms with Gasteiger partial charge in [0.25, 0.3) is 0 Å². The summed E-state index contributed by atoms with van der Waals surface area (Å²) in [7, 11) is 0. The number of pyridine rings is 1. The molecule has 2 aromatic heterocycles. The maximum absolute atomic E-state index is 10.7. The first-order valence-electron chi connectivity index (χ1n) is 3.54. The summed E-state index contributed by atoms with van der Waals surface area (Å²) < 4.78 is 1.89. The van der Waals surface area contributed by atoms with Gasteiger partial charge in [-0.05, 0) is 22.0 Å². The van der Waals surface area contributed by atoms with Gasteiger partial charge in [0.1, 0.15) is 0 Å². The van der Waals surface area contributed by atoms with Gasteiger partial charge >= 0.3 is 6.09 Å². The Morgan fingerprint density at radius 2 is 2.38 bits per heavy atom. The van der Waals surface area contributed by atoms with Crippen LogP contribution in [-0.2, 0) is 0 Å². The van der Waals surface area contributed by atoms with Crippen LogP contribution >= 0.6 is 15.9 Å². The van der Waals surface area contributed by atoms with Crippen LogP contribution in [0, 0.1) is 0 Å². The fourth-order valence-electron chi connectivity index (χ4n) is 1.19. The summed E-state index contributed by atoms with van der Waals surface area (Å²) >= 11 is 3.26. The van der Waals surface area contributed by atoms with Gasteiger partial charge in [-0.1, -0.05) is 0 Å². The molecule has 5 heteroatoms. The van der Waals surface area contributed by atoms with Crippen molar-refractivity contribution in [1.82, 2.24) is 9.55 Å². The molecular formula is C8H5BrN2O2. The molecule has 2 rings (SSSR count). The first-order chi connectivity index (χ1) is 6.20. The molecule has 0 aliphatic rings. The molecule has 0 radical (unpaired) electrons. The Balaban J connectivity index is 2.85. The van der Waals surface area contributed by atoms with Gasteiger partial charge in [-0.25, -0.2) is 4.79 Å². The molecule has 2 heterocycles. The summed E-state index contributed by atoms with van der Waals surface area (Å²) in [6.07, 6.45) is 3.70. The molecule has 13 heavy (non-hydrogen) atoms. The summed E-state index contributed by atoms with van der Waals surface area (Å²) in [5.41, 5.74) is 0.634. The van der Waals surface area contributed by atoms with E-state index in [1.807, 2.05) is 0 Å². The summed E-state index contributed by atoms with van der Waals surface area (Å²) in [5, 5.41) is 9.61. The van der Waals surface area contributed by atoms with Gasteiger partial charge in [0.05, 0.1) is 5.52 Å². The van der Waals surface area contributed by atoms with E-state index in [-0.39, 0.29) is 0 Å². The van der Waals surface area contributed by atoms with Crippen LogP contribution in [0.1, 0.15) is 0 Å². The summed E-state index contributed by atoms with van der Waals surface area (Å²) in [5.74, 6) is 0. The maximum atomic E-state index is 10.7. The molecule has 0 atom stereocenters. The van der Waals surface area contributed by atoms with Crippen LogP contribution in [0.5, 0.6) is 0 Å². The zero-order valence-electron chi connectivity index (χ0n) is 6.44. The predicted octanol–water partition coefficient (Wildman–Crippen LogP) is 2.32. The van der Waals surface area contributed by atoms with Gasteiger partial charge in [-0.2, -0.15) is 0 Å². The Labute approximate surface area is 81.9 Å². The van der Waals surface area contributed by atoms with Crippen LogP contribution in [0.4, 0.5) is 4.79 Å². The number of fused-ring (bicyclic) bond motifs is 1. The number of carboxylic acid groups (broad SMARTS) is 1. The average molecular weight is 241 g/mol. The van der Waals surface area contributed by atoms with Crippen LogP contribution in [0.3, 0.4) is 0 Å². The second-order valence-corrected chi connectivity index (χ2v) is 3.38. The Kier molecular flexibility index (Phi) is 1.81. The van der Waals surface area contributed by atoms with E-state index in [0.29, 0.717) is 5.52 Å². The number of rotatable bonds is 0. The van der Waals surface area contributed by atoms with Crippen LogP contribution in [0.2, 0.25) is 0 Å². The molecule has 0 amide bonds. The van der Waals surface area contributed by atoms with E-state index in [1.165, 1.54) is 6.20 Å². The van der Waals surface area contributed by atoms with Crippen LogP contribution in [0.25, 0.3) is 10.9 Å². The Morgan fingerprint density at radius 1 is 1.62 bits per heavy atom. The molecule has 0 aliphatic heterocycles. The molecule has 66 valence electrons. The van der Waals surface area contributed by atoms with Crippen molar-refractivity contribution in [2.75, 3.05) is 0 Å². The number of nitrogens with zero attached hydrogens (tertiary/aromatic N) is 2. The SMILES string of the molecule is O=C(O)n1cc(Br)c2cnccc21. The van der Waals surface area contributed by atoms with Crippen LogP contribution < -0.4 is 0 Å². The Bertz CT molecular complexity index is 478. The standard InChI is InChI=1S/C8H5BrN2O2/c9-6-4-11(8(12)13)7-1-2-10-3-5(6)7/h1-4H,(H,12,13). The average Bonchev–Trinajstić information content (AvgIpc) is 2.45. The van der Waals surface area contributed by atoms with Crippen molar-refractivity contribution in [3.63, 3.8) is 0 Å². The summed E-state index contributed by atoms with van der Waals surface area (Å²) in [6.45, 7) is 0. The number of halogens is 1. The van der Waals surface area contributed by atoms with E-state index in [0.717, 1.165) is 14.4 Å². The van der Waals surface area contributed by atoms with E-state index < -0.39 is 6.09 Å². The van der Waals surface area contributed by atoms with Crippen molar-refractivity contribution >= 4 is 32.9 Å². The smallest absolute Gasteiger partial charge is 0.416 e. The van der Waals surface area contributed by atoms with Gasteiger partial charge in [0.15, 0.2) is 0 Å². The molecule has 0 aliphatic carbocycles. The van der Waals surface area contributed by atoms with E-state index in [9.17, 15) is 4.79 Å². The largest absolute Gasteiger partial charge is 0.464 e. The number of hydrogen-bond donors (Lipinski definition) is 1. The van der Waals surface area contributed by atoms with Gasteiger partial charge in [0, 0.05) is 28.4 Å². The molecule has 0 saturated carbocycles. The van der Waals surface area contributed by atoms with E-state index in [1.54, 1.807) is 18.5 Å². The van der Waals surface area contributed by atoms with E-state index in [4.69, 9.17) is 5.11 Å². The molecule has 4 nitrogen and oxygen atoms in total. The normalized spacial score (nSPS) is 10.5. The van der Waals surface area contributed by atoms with Crippen molar-refractivity contribution < 1.29 is 9.90 Å². The third-order valence-corrected chi connectivity index (χ3v) is 2.40. The Morgan fingerprint density at radius 3 is 3.08 bits per heavy atom. The van der Waals surface area contributed by atoms with Crippen molar-refractivity contribution in [3.8, 4) is 0 Å². The van der Waals surface area contributed by atoms with Crippen molar-refractivity contribution in [3.05, 3.63) is 29.1 Å². The van der Waals surface area contributed by atoms with Gasteiger partial charge < -0.3 is 5.11 Å². The second-order valence-electron chi connectivity index (χ2n) is 2.52. The zero-order chi connectivity index (χ0) is 9.42. The first kappa shape index (κ1) is 8.25. The molecular weight excluding hydrogens is 236 g/mol. The number of carbonyl (C=O) groups is 1. The molecule has 0 unspecified atom stereocenters. The highest BCUT2D eigenvalue weighted by Gasteiger charge is 2.09. The predicted molar refractivity (Wildman–Crippen MR) is 50.9 cm³/mol. The molecule has 0 aromatic carbocycles. The fourth-order valence-corrected chi connectivity index (χ4v) is 1.70. The van der Waals surface area contributed by atoms with Crippen LogP contribution in [0.15, 0.2) is 29.1 Å². The number of aromatic nitrogens is 2. The van der Waals surface area contributed by atoms with Crippen molar-refractivity contribution in [2.45, 2.75) is 0 Å².